The number of benzene rings is 1. The number of nitrogen functional groups attached to an aromatic ring is 1. The Morgan fingerprint density at radius 3 is 2.69 bits per heavy atom. The van der Waals surface area contributed by atoms with E-state index in [4.69, 9.17) is 10.5 Å². The van der Waals surface area contributed by atoms with Crippen molar-refractivity contribution in [2.75, 3.05) is 19.9 Å². The van der Waals surface area contributed by atoms with E-state index in [1.54, 1.807) is 7.11 Å². The van der Waals surface area contributed by atoms with Crippen LogP contribution in [0.2, 0.25) is 0 Å². The first-order valence-corrected chi connectivity index (χ1v) is 5.82. The number of ether oxygens (including phenoxy) is 1. The van der Waals surface area contributed by atoms with Crippen molar-refractivity contribution in [3.63, 3.8) is 0 Å². The molecule has 16 heavy (non-hydrogen) atoms. The van der Waals surface area contributed by atoms with Crippen LogP contribution >= 0.6 is 0 Å². The van der Waals surface area contributed by atoms with Crippen LogP contribution < -0.4 is 10.5 Å². The summed E-state index contributed by atoms with van der Waals surface area (Å²) in [6.07, 6.45) is 4.03. The van der Waals surface area contributed by atoms with Crippen molar-refractivity contribution >= 4 is 5.69 Å². The van der Waals surface area contributed by atoms with Gasteiger partial charge in [0, 0.05) is 24.3 Å². The van der Waals surface area contributed by atoms with Gasteiger partial charge in [-0.25, -0.2) is 0 Å². The Morgan fingerprint density at radius 1 is 1.38 bits per heavy atom. The van der Waals surface area contributed by atoms with Crippen molar-refractivity contribution in [2.24, 2.45) is 0 Å². The van der Waals surface area contributed by atoms with Crippen molar-refractivity contribution in [3.05, 3.63) is 23.8 Å². The van der Waals surface area contributed by atoms with Gasteiger partial charge in [0.15, 0.2) is 0 Å². The second-order valence-electron chi connectivity index (χ2n) is 4.61. The van der Waals surface area contributed by atoms with Crippen LogP contribution in [-0.2, 0) is 6.54 Å². The summed E-state index contributed by atoms with van der Waals surface area (Å²) >= 11 is 0. The number of hydrogen-bond acceptors (Lipinski definition) is 3. The molecule has 1 fully saturated rings. The van der Waals surface area contributed by atoms with E-state index >= 15 is 0 Å². The zero-order valence-corrected chi connectivity index (χ0v) is 10.1. The van der Waals surface area contributed by atoms with Gasteiger partial charge in [0.25, 0.3) is 0 Å². The molecule has 3 heteroatoms. The molecule has 0 heterocycles. The van der Waals surface area contributed by atoms with E-state index in [9.17, 15) is 0 Å². The molecule has 0 spiro atoms. The van der Waals surface area contributed by atoms with Crippen LogP contribution in [0.25, 0.3) is 0 Å². The predicted octanol–water partition coefficient (Wildman–Crippen LogP) is 2.26. The maximum atomic E-state index is 5.83. The number of nitrogens with zero attached hydrogens (tertiary/aromatic N) is 1. The van der Waals surface area contributed by atoms with Gasteiger partial charge in [-0.05, 0) is 37.6 Å². The number of methoxy groups -OCH3 is 1. The smallest absolute Gasteiger partial charge is 0.121 e. The molecule has 0 unspecified atom stereocenters. The fourth-order valence-corrected chi connectivity index (χ4v) is 2.14. The second-order valence-corrected chi connectivity index (χ2v) is 4.61. The quantitative estimate of drug-likeness (QED) is 0.791. The molecule has 1 saturated carbocycles. The lowest BCUT2D eigenvalue weighted by atomic mass is 9.91. The van der Waals surface area contributed by atoms with Crippen molar-refractivity contribution in [1.82, 2.24) is 4.90 Å². The largest absolute Gasteiger partial charge is 0.497 e. The van der Waals surface area contributed by atoms with Crippen LogP contribution in [0.5, 0.6) is 5.75 Å². The Kier molecular flexibility index (Phi) is 3.34. The summed E-state index contributed by atoms with van der Waals surface area (Å²) in [5.41, 5.74) is 7.84. The Balaban J connectivity index is 2.04. The van der Waals surface area contributed by atoms with Gasteiger partial charge < -0.3 is 10.5 Å². The molecule has 0 atom stereocenters. The third-order valence-electron chi connectivity index (χ3n) is 3.35. The van der Waals surface area contributed by atoms with Gasteiger partial charge in [0.1, 0.15) is 5.75 Å². The molecular weight excluding hydrogens is 200 g/mol. The SMILES string of the molecule is COc1cc(N)cc(CN(C)C2CCC2)c1. The van der Waals surface area contributed by atoms with Crippen molar-refractivity contribution in [3.8, 4) is 5.75 Å². The highest BCUT2D eigenvalue weighted by molar-refractivity contribution is 5.47. The van der Waals surface area contributed by atoms with Crippen LogP contribution in [0.4, 0.5) is 5.69 Å². The van der Waals surface area contributed by atoms with Gasteiger partial charge in [-0.3, -0.25) is 4.90 Å². The van der Waals surface area contributed by atoms with E-state index in [2.05, 4.69) is 18.0 Å². The predicted molar refractivity (Wildman–Crippen MR) is 66.5 cm³/mol. The molecule has 0 aromatic heterocycles. The topological polar surface area (TPSA) is 38.5 Å². The lowest BCUT2D eigenvalue weighted by Gasteiger charge is -2.34. The first-order chi connectivity index (χ1) is 7.69. The molecule has 2 rings (SSSR count). The third-order valence-corrected chi connectivity index (χ3v) is 3.35. The van der Waals surface area contributed by atoms with Crippen LogP contribution in [0.1, 0.15) is 24.8 Å². The fourth-order valence-electron chi connectivity index (χ4n) is 2.14. The maximum Gasteiger partial charge on any atom is 0.121 e. The van der Waals surface area contributed by atoms with E-state index in [1.807, 2.05) is 12.1 Å². The van der Waals surface area contributed by atoms with Crippen molar-refractivity contribution < 1.29 is 4.74 Å². The van der Waals surface area contributed by atoms with Crippen molar-refractivity contribution in [1.29, 1.82) is 0 Å². The zero-order chi connectivity index (χ0) is 11.5. The first-order valence-electron chi connectivity index (χ1n) is 5.82. The minimum atomic E-state index is 0.757. The number of anilines is 1. The van der Waals surface area contributed by atoms with E-state index in [1.165, 1.54) is 24.8 Å². The maximum absolute atomic E-state index is 5.83. The van der Waals surface area contributed by atoms with Crippen LogP contribution in [0, 0.1) is 0 Å². The lowest BCUT2D eigenvalue weighted by molar-refractivity contribution is 0.152. The van der Waals surface area contributed by atoms with Crippen LogP contribution in [-0.4, -0.2) is 25.1 Å². The molecule has 1 aliphatic rings. The molecule has 3 nitrogen and oxygen atoms in total. The Bertz CT molecular complexity index is 361. The average Bonchev–Trinajstić information content (AvgIpc) is 2.13. The normalized spacial score (nSPS) is 16.2. The molecule has 88 valence electrons. The molecule has 2 N–H and O–H groups in total. The molecule has 0 saturated heterocycles. The summed E-state index contributed by atoms with van der Waals surface area (Å²) in [6.45, 7) is 0.950. The first kappa shape index (κ1) is 11.3. The zero-order valence-electron chi connectivity index (χ0n) is 10.1. The summed E-state index contributed by atoms with van der Waals surface area (Å²) in [4.78, 5) is 2.40. The summed E-state index contributed by atoms with van der Waals surface area (Å²) in [5, 5.41) is 0. The minimum absolute atomic E-state index is 0.757. The van der Waals surface area contributed by atoms with E-state index in [0.717, 1.165) is 24.0 Å². The van der Waals surface area contributed by atoms with Gasteiger partial charge >= 0.3 is 0 Å². The molecule has 1 aliphatic carbocycles. The molecule has 1 aromatic carbocycles. The van der Waals surface area contributed by atoms with Gasteiger partial charge in [0.05, 0.1) is 7.11 Å². The highest BCUT2D eigenvalue weighted by Crippen LogP contribution is 2.26. The Hall–Kier alpha value is -1.22. The number of nitrogens with two attached hydrogens (primary N) is 1. The Morgan fingerprint density at radius 2 is 2.12 bits per heavy atom. The number of hydrogen-bond donors (Lipinski definition) is 1. The summed E-state index contributed by atoms with van der Waals surface area (Å²) in [5.74, 6) is 0.844. The number of rotatable bonds is 4. The highest BCUT2D eigenvalue weighted by Gasteiger charge is 2.21. The van der Waals surface area contributed by atoms with E-state index in [0.29, 0.717) is 0 Å². The lowest BCUT2D eigenvalue weighted by Crippen LogP contribution is -2.36. The average molecular weight is 220 g/mol. The molecule has 0 amide bonds. The summed E-state index contributed by atoms with van der Waals surface area (Å²) < 4.78 is 5.22. The Labute approximate surface area is 97.2 Å². The van der Waals surface area contributed by atoms with E-state index in [-0.39, 0.29) is 0 Å². The molecule has 1 aromatic rings. The minimum Gasteiger partial charge on any atom is -0.497 e. The molecule has 0 bridgehead atoms. The summed E-state index contributed by atoms with van der Waals surface area (Å²) in [7, 11) is 3.85. The fraction of sp³-hybridized carbons (Fsp3) is 0.538. The molecular formula is C13H20N2O. The molecule has 0 aliphatic heterocycles. The van der Waals surface area contributed by atoms with Gasteiger partial charge in [-0.2, -0.15) is 0 Å². The van der Waals surface area contributed by atoms with Gasteiger partial charge in [-0.1, -0.05) is 6.42 Å². The van der Waals surface area contributed by atoms with Crippen LogP contribution in [0.15, 0.2) is 18.2 Å². The summed E-state index contributed by atoms with van der Waals surface area (Å²) in [6, 6.07) is 6.70. The molecule has 0 radical (unpaired) electrons. The monoisotopic (exact) mass is 220 g/mol. The van der Waals surface area contributed by atoms with Crippen molar-refractivity contribution in [2.45, 2.75) is 31.8 Å². The highest BCUT2D eigenvalue weighted by atomic mass is 16.5. The second kappa shape index (κ2) is 4.74. The van der Waals surface area contributed by atoms with Gasteiger partial charge in [-0.15, -0.1) is 0 Å². The van der Waals surface area contributed by atoms with Crippen LogP contribution in [0.3, 0.4) is 0 Å². The van der Waals surface area contributed by atoms with E-state index < -0.39 is 0 Å². The standard InChI is InChI=1S/C13H20N2O/c1-15(12-4-3-5-12)9-10-6-11(14)8-13(7-10)16-2/h6-8,12H,3-5,9,14H2,1-2H3. The third kappa shape index (κ3) is 2.47. The van der Waals surface area contributed by atoms with Gasteiger partial charge in [0.2, 0.25) is 0 Å².